The lowest BCUT2D eigenvalue weighted by atomic mass is 9.99. The predicted octanol–water partition coefficient (Wildman–Crippen LogP) is 3.23. The minimum Gasteiger partial charge on any atom is -0.491 e. The molecule has 0 saturated carbocycles. The molecule has 3 aromatic rings. The van der Waals surface area contributed by atoms with Crippen LogP contribution < -0.4 is 4.74 Å². The van der Waals surface area contributed by atoms with Gasteiger partial charge in [0.15, 0.2) is 17.9 Å². The summed E-state index contributed by atoms with van der Waals surface area (Å²) in [4.78, 5) is 4.44. The molecule has 6 rings (SSSR count). The molecule has 5 heterocycles. The highest BCUT2D eigenvalue weighted by Gasteiger charge is 2.60. The first-order valence-electron chi connectivity index (χ1n) is 12.5. The van der Waals surface area contributed by atoms with E-state index >= 15 is 0 Å². The molecular formula is C26H32N4O6. The van der Waals surface area contributed by atoms with E-state index in [-0.39, 0.29) is 24.4 Å². The summed E-state index contributed by atoms with van der Waals surface area (Å²) in [7, 11) is 0. The first-order chi connectivity index (χ1) is 17.3. The summed E-state index contributed by atoms with van der Waals surface area (Å²) < 4.78 is 38.5. The average Bonchev–Trinajstić information content (AvgIpc) is 3.50. The summed E-state index contributed by atoms with van der Waals surface area (Å²) >= 11 is 0. The van der Waals surface area contributed by atoms with Gasteiger partial charge in [-0.25, -0.2) is 4.68 Å². The monoisotopic (exact) mass is 496 g/mol. The van der Waals surface area contributed by atoms with Gasteiger partial charge in [-0.3, -0.25) is 4.98 Å². The summed E-state index contributed by atoms with van der Waals surface area (Å²) in [6.07, 6.45) is 3.53. The number of nitrogens with zero attached hydrogens (tertiary/aromatic N) is 4. The molecule has 0 amide bonds. The Hall–Kier alpha value is -2.63. The van der Waals surface area contributed by atoms with Crippen LogP contribution in [0, 0.1) is 0 Å². The maximum Gasteiger partial charge on any atom is 0.190 e. The number of aryl methyl sites for hydroxylation is 1. The van der Waals surface area contributed by atoms with Crippen LogP contribution in [0.5, 0.6) is 5.75 Å². The fourth-order valence-corrected chi connectivity index (χ4v) is 5.20. The molecule has 3 aliphatic heterocycles. The number of para-hydroxylation sites is 1. The molecule has 3 fully saturated rings. The lowest BCUT2D eigenvalue weighted by molar-refractivity contribution is -0.236. The Kier molecular flexibility index (Phi) is 5.96. The fraction of sp³-hybridized carbons (Fsp3) is 0.577. The Morgan fingerprint density at radius 1 is 0.944 bits per heavy atom. The number of rotatable bonds is 7. The van der Waals surface area contributed by atoms with Crippen molar-refractivity contribution in [2.45, 2.75) is 89.4 Å². The number of ether oxygens (including phenoxy) is 6. The lowest BCUT2D eigenvalue weighted by Crippen LogP contribution is -2.56. The first kappa shape index (κ1) is 23.7. The fourth-order valence-electron chi connectivity index (χ4n) is 5.20. The molecule has 3 aliphatic rings. The Labute approximate surface area is 209 Å². The van der Waals surface area contributed by atoms with Crippen LogP contribution in [0.4, 0.5) is 0 Å². The molecule has 3 saturated heterocycles. The molecule has 2 aromatic heterocycles. The van der Waals surface area contributed by atoms with E-state index in [0.29, 0.717) is 13.2 Å². The van der Waals surface area contributed by atoms with Crippen LogP contribution in [0.25, 0.3) is 10.9 Å². The van der Waals surface area contributed by atoms with Gasteiger partial charge in [0, 0.05) is 17.8 Å². The molecule has 192 valence electrons. The van der Waals surface area contributed by atoms with Gasteiger partial charge in [0.25, 0.3) is 0 Å². The van der Waals surface area contributed by atoms with Gasteiger partial charge in [-0.2, -0.15) is 0 Å². The molecule has 0 bridgehead atoms. The van der Waals surface area contributed by atoms with Crippen molar-refractivity contribution in [3.8, 4) is 5.75 Å². The molecule has 36 heavy (non-hydrogen) atoms. The summed E-state index contributed by atoms with van der Waals surface area (Å²) in [5.41, 5.74) is 1.77. The molecule has 0 radical (unpaired) electrons. The highest BCUT2D eigenvalue weighted by molar-refractivity contribution is 5.84. The van der Waals surface area contributed by atoms with E-state index in [1.165, 1.54) is 0 Å². The average molecular weight is 497 g/mol. The molecule has 0 unspecified atom stereocenters. The minimum absolute atomic E-state index is 0.283. The number of benzene rings is 1. The van der Waals surface area contributed by atoms with Gasteiger partial charge >= 0.3 is 0 Å². The van der Waals surface area contributed by atoms with Crippen LogP contribution in [0.1, 0.15) is 39.8 Å². The largest absolute Gasteiger partial charge is 0.491 e. The summed E-state index contributed by atoms with van der Waals surface area (Å²) in [6, 6.07) is 9.91. The topological polar surface area (TPSA) is 99.0 Å². The second kappa shape index (κ2) is 9.04. The van der Waals surface area contributed by atoms with Gasteiger partial charge in [-0.15, -0.1) is 5.10 Å². The standard InChI is InChI=1S/C26H32N4O6/c1-25(2)33-21-19(32-24-23(22(21)34-25)35-26(3,4)36-24)15-30-14-17(28-29-30)10-7-13-31-18-11-5-8-16-9-6-12-27-20(16)18/h5-6,8-9,11-12,14,19,21-24H,7,10,13,15H2,1-4H3/t19-,21+,22+,23-,24-/m1/s1. The Bertz CT molecular complexity index is 1220. The molecular weight excluding hydrogens is 464 g/mol. The van der Waals surface area contributed by atoms with Crippen molar-refractivity contribution >= 4 is 10.9 Å². The van der Waals surface area contributed by atoms with Crippen molar-refractivity contribution in [1.29, 1.82) is 0 Å². The second-order valence-electron chi connectivity index (χ2n) is 10.4. The number of fused-ring (bicyclic) bond motifs is 4. The highest BCUT2D eigenvalue weighted by atomic mass is 16.9. The first-order valence-corrected chi connectivity index (χ1v) is 12.5. The molecule has 0 spiro atoms. The van der Waals surface area contributed by atoms with E-state index < -0.39 is 17.9 Å². The van der Waals surface area contributed by atoms with Gasteiger partial charge in [-0.1, -0.05) is 23.4 Å². The van der Waals surface area contributed by atoms with E-state index in [1.54, 1.807) is 10.9 Å². The molecule has 10 heteroatoms. The number of hydrogen-bond donors (Lipinski definition) is 0. The number of aromatic nitrogens is 4. The van der Waals surface area contributed by atoms with Crippen LogP contribution in [0.3, 0.4) is 0 Å². The Balaban J connectivity index is 1.06. The summed E-state index contributed by atoms with van der Waals surface area (Å²) in [5, 5.41) is 9.73. The quantitative estimate of drug-likeness (QED) is 0.457. The minimum atomic E-state index is -0.741. The molecule has 0 N–H and O–H groups in total. The van der Waals surface area contributed by atoms with Crippen molar-refractivity contribution in [1.82, 2.24) is 20.0 Å². The van der Waals surface area contributed by atoms with E-state index in [2.05, 4.69) is 15.3 Å². The van der Waals surface area contributed by atoms with Crippen molar-refractivity contribution in [2.75, 3.05) is 6.61 Å². The van der Waals surface area contributed by atoms with Gasteiger partial charge in [0.1, 0.15) is 35.7 Å². The summed E-state index contributed by atoms with van der Waals surface area (Å²) in [5.74, 6) is -0.674. The van der Waals surface area contributed by atoms with Crippen LogP contribution in [-0.4, -0.2) is 68.9 Å². The number of hydrogen-bond acceptors (Lipinski definition) is 9. The predicted molar refractivity (Wildman–Crippen MR) is 128 cm³/mol. The highest BCUT2D eigenvalue weighted by Crippen LogP contribution is 2.44. The van der Waals surface area contributed by atoms with E-state index in [4.69, 9.17) is 28.4 Å². The van der Waals surface area contributed by atoms with Crippen LogP contribution >= 0.6 is 0 Å². The van der Waals surface area contributed by atoms with Crippen molar-refractivity contribution < 1.29 is 28.4 Å². The van der Waals surface area contributed by atoms with Crippen molar-refractivity contribution in [3.63, 3.8) is 0 Å². The van der Waals surface area contributed by atoms with E-state index in [9.17, 15) is 0 Å². The molecule has 5 atom stereocenters. The molecule has 1 aromatic carbocycles. The molecule has 0 aliphatic carbocycles. The SMILES string of the molecule is CC1(C)O[C@H]2[C@@H](O1)[C@@H](Cn1cc(CCCOc3cccc4cccnc34)nn1)O[C@@H]1OC(C)(C)O[C@@H]12. The van der Waals surface area contributed by atoms with E-state index in [0.717, 1.165) is 35.2 Å². The van der Waals surface area contributed by atoms with Gasteiger partial charge in [-0.05, 0) is 52.7 Å². The van der Waals surface area contributed by atoms with Gasteiger partial charge in [0.2, 0.25) is 0 Å². The third kappa shape index (κ3) is 4.71. The van der Waals surface area contributed by atoms with Crippen LogP contribution in [0.2, 0.25) is 0 Å². The number of pyridine rings is 1. The Morgan fingerprint density at radius 2 is 1.72 bits per heavy atom. The zero-order valence-corrected chi connectivity index (χ0v) is 21.0. The van der Waals surface area contributed by atoms with Crippen LogP contribution in [-0.2, 0) is 36.6 Å². The summed E-state index contributed by atoms with van der Waals surface area (Å²) in [6.45, 7) is 8.60. The second-order valence-corrected chi connectivity index (χ2v) is 10.4. The maximum atomic E-state index is 6.28. The van der Waals surface area contributed by atoms with E-state index in [1.807, 2.05) is 64.2 Å². The smallest absolute Gasteiger partial charge is 0.190 e. The third-order valence-electron chi connectivity index (χ3n) is 6.63. The van der Waals surface area contributed by atoms with Crippen molar-refractivity contribution in [2.24, 2.45) is 0 Å². The van der Waals surface area contributed by atoms with Gasteiger partial charge < -0.3 is 28.4 Å². The van der Waals surface area contributed by atoms with Crippen molar-refractivity contribution in [3.05, 3.63) is 48.4 Å². The van der Waals surface area contributed by atoms with Crippen LogP contribution in [0.15, 0.2) is 42.7 Å². The lowest BCUT2D eigenvalue weighted by Gasteiger charge is -2.37. The molecule has 10 nitrogen and oxygen atoms in total. The van der Waals surface area contributed by atoms with Gasteiger partial charge in [0.05, 0.1) is 18.8 Å². The Morgan fingerprint density at radius 3 is 2.61 bits per heavy atom. The zero-order valence-electron chi connectivity index (χ0n) is 21.0. The normalized spacial score (nSPS) is 30.3. The zero-order chi connectivity index (χ0) is 24.9. The third-order valence-corrected chi connectivity index (χ3v) is 6.63. The maximum absolute atomic E-state index is 6.28.